The van der Waals surface area contributed by atoms with Crippen LogP contribution in [0.5, 0.6) is 0 Å². The maximum atomic E-state index is 10.9. The average molecular weight is 193 g/mol. The van der Waals surface area contributed by atoms with Crippen LogP contribution in [0.1, 0.15) is 6.42 Å². The normalized spacial score (nSPS) is 25.9. The number of hydrogen-bond donors (Lipinski definition) is 2. The van der Waals surface area contributed by atoms with E-state index in [1.54, 1.807) is 0 Å². The van der Waals surface area contributed by atoms with Gasteiger partial charge in [-0.1, -0.05) is 18.2 Å². The van der Waals surface area contributed by atoms with Gasteiger partial charge in [0.05, 0.1) is 0 Å². The second kappa shape index (κ2) is 3.67. The number of ether oxygens (including phenoxy) is 1. The van der Waals surface area contributed by atoms with Crippen molar-refractivity contribution in [1.29, 1.82) is 0 Å². The van der Waals surface area contributed by atoms with Gasteiger partial charge in [-0.05, 0) is 12.1 Å². The molecule has 14 heavy (non-hydrogen) atoms. The summed E-state index contributed by atoms with van der Waals surface area (Å²) < 4.78 is 4.88. The molecule has 1 saturated heterocycles. The van der Waals surface area contributed by atoms with Gasteiger partial charge in [0, 0.05) is 12.1 Å². The molecule has 0 bridgehead atoms. The smallest absolute Gasteiger partial charge is 0.337 e. The van der Waals surface area contributed by atoms with Gasteiger partial charge in [0.1, 0.15) is 0 Å². The summed E-state index contributed by atoms with van der Waals surface area (Å²) in [5.74, 6) is -0.557. The zero-order valence-electron chi connectivity index (χ0n) is 7.51. The zero-order valence-corrected chi connectivity index (χ0v) is 7.51. The Balaban J connectivity index is 1.97. The lowest BCUT2D eigenvalue weighted by atomic mass is 10.2. The Labute approximate surface area is 81.5 Å². The van der Waals surface area contributed by atoms with Crippen LogP contribution in [0.25, 0.3) is 0 Å². The van der Waals surface area contributed by atoms with Crippen LogP contribution < -0.4 is 5.32 Å². The van der Waals surface area contributed by atoms with Crippen LogP contribution in [0.4, 0.5) is 5.69 Å². The molecular weight excluding hydrogens is 182 g/mol. The van der Waals surface area contributed by atoms with E-state index < -0.39 is 18.3 Å². The number of esters is 1. The third kappa shape index (κ3) is 1.85. The number of hydrogen-bond acceptors (Lipinski definition) is 4. The van der Waals surface area contributed by atoms with Crippen LogP contribution in [0.15, 0.2) is 30.3 Å². The molecule has 74 valence electrons. The molecule has 2 atom stereocenters. The van der Waals surface area contributed by atoms with Crippen LogP contribution in [-0.4, -0.2) is 23.4 Å². The number of anilines is 1. The number of carbonyl (C=O) groups excluding carboxylic acids is 1. The minimum absolute atomic E-state index is 0.299. The minimum Gasteiger partial charge on any atom is -0.440 e. The molecule has 0 radical (unpaired) electrons. The van der Waals surface area contributed by atoms with Crippen molar-refractivity contribution in [3.05, 3.63) is 30.3 Å². The number of nitrogens with one attached hydrogen (secondary N) is 1. The van der Waals surface area contributed by atoms with E-state index in [4.69, 9.17) is 9.84 Å². The predicted octanol–water partition coefficient (Wildman–Crippen LogP) is 0.732. The van der Waals surface area contributed by atoms with Gasteiger partial charge in [-0.25, -0.2) is 4.79 Å². The summed E-state index contributed by atoms with van der Waals surface area (Å²) in [5.41, 5.74) is 0.874. The lowest BCUT2D eigenvalue weighted by Gasteiger charge is -2.11. The highest BCUT2D eigenvalue weighted by atomic mass is 16.6. The number of aliphatic hydroxyl groups excluding tert-OH is 1. The van der Waals surface area contributed by atoms with Crippen molar-refractivity contribution in [3.8, 4) is 0 Å². The van der Waals surface area contributed by atoms with Crippen LogP contribution >= 0.6 is 0 Å². The maximum Gasteiger partial charge on any atom is 0.337 e. The topological polar surface area (TPSA) is 58.6 Å². The van der Waals surface area contributed by atoms with Gasteiger partial charge in [-0.3, -0.25) is 0 Å². The van der Waals surface area contributed by atoms with E-state index in [1.165, 1.54) is 0 Å². The van der Waals surface area contributed by atoms with Crippen molar-refractivity contribution < 1.29 is 14.6 Å². The molecule has 0 saturated carbocycles. The van der Waals surface area contributed by atoms with Crippen molar-refractivity contribution >= 4 is 11.7 Å². The van der Waals surface area contributed by atoms with E-state index in [1.807, 2.05) is 30.3 Å². The quantitative estimate of drug-likeness (QED) is 0.680. The van der Waals surface area contributed by atoms with Gasteiger partial charge >= 0.3 is 5.97 Å². The van der Waals surface area contributed by atoms with Crippen LogP contribution in [-0.2, 0) is 9.53 Å². The molecule has 0 spiro atoms. The Hall–Kier alpha value is -1.55. The third-order valence-electron chi connectivity index (χ3n) is 2.07. The van der Waals surface area contributed by atoms with Gasteiger partial charge in [0.2, 0.25) is 0 Å². The first-order valence-electron chi connectivity index (χ1n) is 4.46. The molecule has 1 aromatic rings. The highest BCUT2D eigenvalue weighted by Crippen LogP contribution is 2.17. The third-order valence-corrected chi connectivity index (χ3v) is 2.07. The van der Waals surface area contributed by atoms with E-state index in [-0.39, 0.29) is 0 Å². The van der Waals surface area contributed by atoms with Crippen LogP contribution in [0.3, 0.4) is 0 Å². The van der Waals surface area contributed by atoms with Crippen LogP contribution in [0.2, 0.25) is 0 Å². The molecular formula is C10H11NO3. The molecule has 0 amide bonds. The first-order valence-corrected chi connectivity index (χ1v) is 4.46. The molecule has 0 aromatic heterocycles. The van der Waals surface area contributed by atoms with E-state index >= 15 is 0 Å². The SMILES string of the molecule is O=C1OC(Nc2ccccc2)CC1O. The van der Waals surface area contributed by atoms with Gasteiger partial charge in [-0.2, -0.15) is 0 Å². The van der Waals surface area contributed by atoms with E-state index in [0.717, 1.165) is 5.69 Å². The Bertz CT molecular complexity index is 325. The minimum atomic E-state index is -0.990. The van der Waals surface area contributed by atoms with Gasteiger partial charge < -0.3 is 15.2 Å². The fourth-order valence-electron chi connectivity index (χ4n) is 1.37. The zero-order chi connectivity index (χ0) is 9.97. The molecule has 2 unspecified atom stereocenters. The monoisotopic (exact) mass is 193 g/mol. The van der Waals surface area contributed by atoms with Gasteiger partial charge in [-0.15, -0.1) is 0 Å². The number of carbonyl (C=O) groups is 1. The molecule has 2 N–H and O–H groups in total. The molecule has 0 aliphatic carbocycles. The summed E-state index contributed by atoms with van der Waals surface area (Å²) in [5, 5.41) is 12.1. The number of cyclic esters (lactones) is 1. The largest absolute Gasteiger partial charge is 0.440 e. The maximum absolute atomic E-state index is 10.9. The average Bonchev–Trinajstić information content (AvgIpc) is 2.47. The highest BCUT2D eigenvalue weighted by molar-refractivity contribution is 5.76. The summed E-state index contributed by atoms with van der Waals surface area (Å²) >= 11 is 0. The van der Waals surface area contributed by atoms with E-state index in [0.29, 0.717) is 6.42 Å². The number of aliphatic hydroxyl groups is 1. The van der Waals surface area contributed by atoms with Crippen molar-refractivity contribution in [1.82, 2.24) is 0 Å². The van der Waals surface area contributed by atoms with E-state index in [9.17, 15) is 4.79 Å². The molecule has 1 aliphatic heterocycles. The number of benzene rings is 1. The summed E-state index contributed by atoms with van der Waals surface area (Å²) in [6, 6.07) is 9.42. The Morgan fingerprint density at radius 2 is 2.07 bits per heavy atom. The van der Waals surface area contributed by atoms with Gasteiger partial charge in [0.15, 0.2) is 12.3 Å². The van der Waals surface area contributed by atoms with Crippen molar-refractivity contribution in [2.24, 2.45) is 0 Å². The first-order chi connectivity index (χ1) is 6.75. The summed E-state index contributed by atoms with van der Waals surface area (Å²) in [4.78, 5) is 10.9. The summed E-state index contributed by atoms with van der Waals surface area (Å²) in [6.45, 7) is 0. The van der Waals surface area contributed by atoms with Crippen molar-refractivity contribution in [2.45, 2.75) is 18.8 Å². The summed E-state index contributed by atoms with van der Waals surface area (Å²) in [6.07, 6.45) is -1.11. The molecule has 1 heterocycles. The Kier molecular flexibility index (Phi) is 2.37. The van der Waals surface area contributed by atoms with E-state index in [2.05, 4.69) is 5.32 Å². The standard InChI is InChI=1S/C10H11NO3/c12-8-6-9(14-10(8)13)11-7-4-2-1-3-5-7/h1-5,8-9,11-12H,6H2. The fourth-order valence-corrected chi connectivity index (χ4v) is 1.37. The molecule has 1 fully saturated rings. The van der Waals surface area contributed by atoms with Crippen molar-refractivity contribution in [3.63, 3.8) is 0 Å². The van der Waals surface area contributed by atoms with Gasteiger partial charge in [0.25, 0.3) is 0 Å². The second-order valence-corrected chi connectivity index (χ2v) is 3.19. The number of rotatable bonds is 2. The van der Waals surface area contributed by atoms with Crippen LogP contribution in [0, 0.1) is 0 Å². The summed E-state index contributed by atoms with van der Waals surface area (Å²) in [7, 11) is 0. The highest BCUT2D eigenvalue weighted by Gasteiger charge is 2.32. The molecule has 1 aromatic carbocycles. The predicted molar refractivity (Wildman–Crippen MR) is 50.6 cm³/mol. The second-order valence-electron chi connectivity index (χ2n) is 3.19. The Morgan fingerprint density at radius 1 is 1.36 bits per heavy atom. The molecule has 2 rings (SSSR count). The molecule has 1 aliphatic rings. The lowest BCUT2D eigenvalue weighted by molar-refractivity contribution is -0.146. The fraction of sp³-hybridized carbons (Fsp3) is 0.300. The Morgan fingerprint density at radius 3 is 2.64 bits per heavy atom. The first kappa shape index (κ1) is 9.02. The van der Waals surface area contributed by atoms with Crippen molar-refractivity contribution in [2.75, 3.05) is 5.32 Å². The number of para-hydroxylation sites is 1. The lowest BCUT2D eigenvalue weighted by Crippen LogP contribution is -2.18. The molecule has 4 nitrogen and oxygen atoms in total. The molecule has 4 heteroatoms.